The van der Waals surface area contributed by atoms with Gasteiger partial charge in [-0.25, -0.2) is 9.78 Å². The predicted octanol–water partition coefficient (Wildman–Crippen LogP) is 5.29. The van der Waals surface area contributed by atoms with Gasteiger partial charge in [-0.2, -0.15) is 0 Å². The maximum Gasteiger partial charge on any atom is 0.329 e. The van der Waals surface area contributed by atoms with Crippen molar-refractivity contribution in [2.75, 3.05) is 7.11 Å². The molecule has 2 N–H and O–H groups in total. The van der Waals surface area contributed by atoms with E-state index in [1.54, 1.807) is 39.3 Å². The van der Waals surface area contributed by atoms with E-state index in [0.29, 0.717) is 16.3 Å². The molecule has 3 rings (SSSR count). The van der Waals surface area contributed by atoms with Gasteiger partial charge in [-0.15, -0.1) is 11.3 Å². The highest BCUT2D eigenvalue weighted by Gasteiger charge is 2.62. The van der Waals surface area contributed by atoms with Crippen LogP contribution in [0.25, 0.3) is 0 Å². The molecule has 1 aromatic carbocycles. The normalized spacial score (nSPS) is 23.1. The first-order valence-electron chi connectivity index (χ1n) is 12.0. The van der Waals surface area contributed by atoms with Crippen LogP contribution in [0.15, 0.2) is 29.8 Å². The summed E-state index contributed by atoms with van der Waals surface area (Å²) >= 11 is 1.37. The average Bonchev–Trinajstić information content (AvgIpc) is 3.38. The molecule has 1 saturated heterocycles. The number of carbonyl (C=O) groups excluding carboxylic acids is 1. The third-order valence-electron chi connectivity index (χ3n) is 6.91. The van der Waals surface area contributed by atoms with Gasteiger partial charge in [0.1, 0.15) is 16.3 Å². The minimum Gasteiger partial charge on any atom is -0.496 e. The van der Waals surface area contributed by atoms with E-state index in [0.717, 1.165) is 5.56 Å². The monoisotopic (exact) mass is 502 g/mol. The smallest absolute Gasteiger partial charge is 0.329 e. The Morgan fingerprint density at radius 2 is 1.91 bits per heavy atom. The molecule has 192 valence electrons. The second-order valence-electron chi connectivity index (χ2n) is 11.6. The molecule has 0 aliphatic carbocycles. The zero-order valence-electron chi connectivity index (χ0n) is 22.0. The quantitative estimate of drug-likeness (QED) is 0.533. The molecule has 3 atom stereocenters. The maximum absolute atomic E-state index is 14.3. The lowest BCUT2D eigenvalue weighted by Crippen LogP contribution is -2.54. The number of likely N-dealkylation sites (tertiary alicyclic amines) is 1. The van der Waals surface area contributed by atoms with E-state index in [1.165, 1.54) is 16.2 Å². The van der Waals surface area contributed by atoms with Crippen LogP contribution in [0.4, 0.5) is 0 Å². The van der Waals surface area contributed by atoms with E-state index >= 15 is 0 Å². The van der Waals surface area contributed by atoms with E-state index in [-0.39, 0.29) is 24.2 Å². The number of methoxy groups -OCH3 is 1. The third-order valence-corrected chi connectivity index (χ3v) is 7.76. The molecule has 0 saturated carbocycles. The number of aliphatic carboxylic acids is 1. The van der Waals surface area contributed by atoms with Crippen molar-refractivity contribution >= 4 is 23.2 Å². The summed E-state index contributed by atoms with van der Waals surface area (Å²) in [7, 11) is 1.57. The first-order valence-corrected chi connectivity index (χ1v) is 12.9. The number of aromatic nitrogens is 1. The van der Waals surface area contributed by atoms with Crippen LogP contribution in [0.5, 0.6) is 5.75 Å². The minimum atomic E-state index is -1.48. The number of carboxylic acids is 1. The van der Waals surface area contributed by atoms with Crippen LogP contribution in [-0.2, 0) is 10.2 Å². The Bertz CT molecular complexity index is 1070. The lowest BCUT2D eigenvalue weighted by Gasteiger charge is -2.39. The van der Waals surface area contributed by atoms with Crippen LogP contribution in [-0.4, -0.2) is 50.2 Å². The molecule has 35 heavy (non-hydrogen) atoms. The fraction of sp³-hybridized carbons (Fsp3) is 0.593. The summed E-state index contributed by atoms with van der Waals surface area (Å²) in [6.07, 6.45) is 2.05. The molecule has 2 heterocycles. The lowest BCUT2D eigenvalue weighted by atomic mass is 9.78. The molecule has 1 aliphatic heterocycles. The molecule has 1 amide bonds. The van der Waals surface area contributed by atoms with Crippen molar-refractivity contribution in [3.05, 3.63) is 45.9 Å². The van der Waals surface area contributed by atoms with Gasteiger partial charge in [-0.1, -0.05) is 40.7 Å². The van der Waals surface area contributed by atoms with Crippen LogP contribution in [0.1, 0.15) is 88.3 Å². The minimum absolute atomic E-state index is 0.0108. The Hall–Kier alpha value is -2.45. The molecule has 0 radical (unpaired) electrons. The maximum atomic E-state index is 14.3. The molecule has 1 aliphatic rings. The largest absolute Gasteiger partial charge is 0.496 e. The molecule has 8 heteroatoms. The highest BCUT2D eigenvalue weighted by Crippen LogP contribution is 2.54. The summed E-state index contributed by atoms with van der Waals surface area (Å²) < 4.78 is 5.63. The Balaban J connectivity index is 2.25. The topological polar surface area (TPSA) is 100.0 Å². The Morgan fingerprint density at radius 1 is 1.26 bits per heavy atom. The number of hydrogen-bond acceptors (Lipinski definition) is 6. The van der Waals surface area contributed by atoms with Crippen LogP contribution in [0, 0.1) is 11.8 Å². The van der Waals surface area contributed by atoms with Crippen LogP contribution in [0.2, 0.25) is 0 Å². The molecule has 0 bridgehead atoms. The van der Waals surface area contributed by atoms with Crippen molar-refractivity contribution in [1.82, 2.24) is 9.88 Å². The van der Waals surface area contributed by atoms with Gasteiger partial charge in [0.2, 0.25) is 0 Å². The van der Waals surface area contributed by atoms with E-state index in [4.69, 9.17) is 4.74 Å². The zero-order valence-corrected chi connectivity index (χ0v) is 22.8. The van der Waals surface area contributed by atoms with Crippen molar-refractivity contribution in [3.63, 3.8) is 0 Å². The highest BCUT2D eigenvalue weighted by atomic mass is 32.1. The summed E-state index contributed by atoms with van der Waals surface area (Å²) in [5.74, 6) is -1.39. The van der Waals surface area contributed by atoms with E-state index in [2.05, 4.69) is 25.8 Å². The van der Waals surface area contributed by atoms with Crippen LogP contribution >= 0.6 is 11.3 Å². The summed E-state index contributed by atoms with van der Waals surface area (Å²) in [6, 6.07) is 4.63. The zero-order chi connectivity index (χ0) is 26.3. The van der Waals surface area contributed by atoms with Gasteiger partial charge in [-0.05, 0) is 55.7 Å². The van der Waals surface area contributed by atoms with Crippen molar-refractivity contribution in [3.8, 4) is 5.75 Å². The van der Waals surface area contributed by atoms with Gasteiger partial charge in [0.15, 0.2) is 0 Å². The van der Waals surface area contributed by atoms with Gasteiger partial charge >= 0.3 is 5.97 Å². The number of hydrogen-bond donors (Lipinski definition) is 2. The summed E-state index contributed by atoms with van der Waals surface area (Å²) in [5.41, 5.74) is -1.60. The lowest BCUT2D eigenvalue weighted by molar-refractivity contribution is -0.150. The molecule has 1 fully saturated rings. The van der Waals surface area contributed by atoms with Crippen molar-refractivity contribution < 1.29 is 24.5 Å². The van der Waals surface area contributed by atoms with E-state index < -0.39 is 35.0 Å². The molecule has 2 aromatic rings. The standard InChI is InChI=1S/C27H38N2O5S/c1-16(2)14-27(24(31)32)15-19(26(6,7)33)21(22-28-11-12-35-22)29(27)23(30)17-9-10-18(25(3,4)5)20(13-17)34-8/h9-13,16,19,21,33H,14-15H2,1-8H3,(H,31,32)/t19-,21+,27-/m0/s1. The van der Waals surface area contributed by atoms with E-state index in [1.807, 2.05) is 25.3 Å². The molecule has 0 unspecified atom stereocenters. The Labute approximate surface area is 212 Å². The van der Waals surface area contributed by atoms with Crippen molar-refractivity contribution in [1.29, 1.82) is 0 Å². The SMILES string of the molecule is COc1cc(C(=O)N2[C@@H](c3nccs3)[C@@H](C(C)(C)O)C[C@@]2(CC(C)C)C(=O)O)ccc1C(C)(C)C. The first-order chi connectivity index (χ1) is 16.1. The second kappa shape index (κ2) is 9.54. The second-order valence-corrected chi connectivity index (χ2v) is 12.5. The molecular formula is C27H38N2O5S. The van der Waals surface area contributed by atoms with E-state index in [9.17, 15) is 19.8 Å². The number of nitrogens with zero attached hydrogens (tertiary/aromatic N) is 2. The highest BCUT2D eigenvalue weighted by molar-refractivity contribution is 7.09. The first kappa shape index (κ1) is 27.1. The number of carbonyl (C=O) groups is 2. The van der Waals surface area contributed by atoms with Gasteiger partial charge in [-0.3, -0.25) is 4.79 Å². The summed E-state index contributed by atoms with van der Waals surface area (Å²) in [4.78, 5) is 33.2. The summed E-state index contributed by atoms with van der Waals surface area (Å²) in [6.45, 7) is 13.4. The Kier molecular flexibility index (Phi) is 7.40. The number of aliphatic hydroxyl groups is 1. The van der Waals surface area contributed by atoms with Crippen LogP contribution in [0.3, 0.4) is 0 Å². The number of ether oxygens (including phenoxy) is 1. The van der Waals surface area contributed by atoms with Crippen molar-refractivity contribution in [2.45, 2.75) is 83.9 Å². The van der Waals surface area contributed by atoms with Gasteiger partial charge in [0, 0.05) is 23.1 Å². The molecular weight excluding hydrogens is 464 g/mol. The fourth-order valence-corrected chi connectivity index (χ4v) is 6.15. The number of amides is 1. The predicted molar refractivity (Wildman–Crippen MR) is 137 cm³/mol. The van der Waals surface area contributed by atoms with Gasteiger partial charge in [0.05, 0.1) is 18.8 Å². The fourth-order valence-electron chi connectivity index (χ4n) is 5.36. The van der Waals surface area contributed by atoms with Crippen LogP contribution < -0.4 is 4.74 Å². The number of carboxylic acid groups (broad SMARTS) is 1. The molecule has 7 nitrogen and oxygen atoms in total. The van der Waals surface area contributed by atoms with Gasteiger partial charge in [0.25, 0.3) is 5.91 Å². The number of thiazole rings is 1. The third kappa shape index (κ3) is 5.09. The number of rotatable bonds is 7. The average molecular weight is 503 g/mol. The number of benzene rings is 1. The molecule has 0 spiro atoms. The summed E-state index contributed by atoms with van der Waals surface area (Å²) in [5, 5.41) is 24.2. The molecule has 1 aromatic heterocycles. The van der Waals surface area contributed by atoms with Crippen molar-refractivity contribution in [2.24, 2.45) is 11.8 Å². The van der Waals surface area contributed by atoms with Gasteiger partial charge < -0.3 is 19.8 Å². The Morgan fingerprint density at radius 3 is 2.37 bits per heavy atom.